The fraction of sp³-hybridized carbons (Fsp3) is 0.571. The second-order valence-electron chi connectivity index (χ2n) is 5.62. The molecule has 1 rings (SSSR count). The average molecular weight is 346 g/mol. The lowest BCUT2D eigenvalue weighted by atomic mass is 9.83. The molecule has 0 aliphatic carbocycles. The molecular weight excluding hydrogens is 326 g/mol. The normalized spacial score (nSPS) is 12.8. The zero-order valence-corrected chi connectivity index (χ0v) is 13.8. The Morgan fingerprint density at radius 2 is 2.05 bits per heavy atom. The van der Waals surface area contributed by atoms with E-state index < -0.39 is 4.92 Å². The van der Waals surface area contributed by atoms with Crippen LogP contribution in [-0.4, -0.2) is 24.0 Å². The molecule has 0 aromatic heterocycles. The Morgan fingerprint density at radius 3 is 2.50 bits per heavy atom. The van der Waals surface area contributed by atoms with Gasteiger partial charge < -0.3 is 9.47 Å². The van der Waals surface area contributed by atoms with Crippen molar-refractivity contribution in [3.8, 4) is 11.5 Å². The van der Waals surface area contributed by atoms with E-state index in [9.17, 15) is 10.1 Å². The molecule has 0 N–H and O–H groups in total. The van der Waals surface area contributed by atoms with Crippen LogP contribution >= 0.6 is 15.9 Å². The Hall–Kier alpha value is -1.30. The van der Waals surface area contributed by atoms with Crippen LogP contribution in [0.4, 0.5) is 5.69 Å². The van der Waals surface area contributed by atoms with E-state index >= 15 is 0 Å². The fourth-order valence-electron chi connectivity index (χ4n) is 1.61. The van der Waals surface area contributed by atoms with Crippen molar-refractivity contribution < 1.29 is 14.4 Å². The highest BCUT2D eigenvalue weighted by Crippen LogP contribution is 2.33. The van der Waals surface area contributed by atoms with Gasteiger partial charge in [-0.2, -0.15) is 0 Å². The van der Waals surface area contributed by atoms with Gasteiger partial charge >= 0.3 is 5.69 Å². The summed E-state index contributed by atoms with van der Waals surface area (Å²) in [6.45, 7) is 6.77. The van der Waals surface area contributed by atoms with Crippen molar-refractivity contribution in [2.45, 2.75) is 20.8 Å². The number of methoxy groups -OCH3 is 1. The van der Waals surface area contributed by atoms with Crippen LogP contribution in [0.15, 0.2) is 18.2 Å². The number of nitrogens with zero attached hydrogens (tertiary/aromatic N) is 1. The number of hydrogen-bond donors (Lipinski definition) is 0. The Bertz CT molecular complexity index is 471. The molecule has 0 bridgehead atoms. The minimum Gasteiger partial charge on any atom is -0.496 e. The third-order valence-corrected chi connectivity index (χ3v) is 4.00. The van der Waals surface area contributed by atoms with Gasteiger partial charge in [0, 0.05) is 11.2 Å². The van der Waals surface area contributed by atoms with Crippen molar-refractivity contribution in [3.05, 3.63) is 28.3 Å². The fourth-order valence-corrected chi connectivity index (χ4v) is 2.76. The van der Waals surface area contributed by atoms with E-state index in [0.29, 0.717) is 12.4 Å². The summed E-state index contributed by atoms with van der Waals surface area (Å²) in [6, 6.07) is 4.60. The SMILES string of the molecule is COc1ccc(OCC(CBr)C(C)(C)C)c([N+](=O)[O-])c1. The van der Waals surface area contributed by atoms with Gasteiger partial charge in [0.25, 0.3) is 0 Å². The van der Waals surface area contributed by atoms with Crippen molar-refractivity contribution in [1.82, 2.24) is 0 Å². The van der Waals surface area contributed by atoms with E-state index in [1.54, 1.807) is 12.1 Å². The largest absolute Gasteiger partial charge is 0.496 e. The molecule has 0 aliphatic rings. The first-order chi connectivity index (χ1) is 9.29. The van der Waals surface area contributed by atoms with Gasteiger partial charge in [-0.3, -0.25) is 10.1 Å². The molecule has 0 aliphatic heterocycles. The first-order valence-electron chi connectivity index (χ1n) is 6.30. The third kappa shape index (κ3) is 4.37. The Morgan fingerprint density at radius 1 is 1.40 bits per heavy atom. The molecule has 0 spiro atoms. The molecule has 1 aromatic carbocycles. The van der Waals surface area contributed by atoms with Gasteiger partial charge in [-0.1, -0.05) is 36.7 Å². The number of ether oxygens (including phenoxy) is 2. The summed E-state index contributed by atoms with van der Waals surface area (Å²) >= 11 is 3.46. The number of nitro benzene ring substituents is 1. The lowest BCUT2D eigenvalue weighted by Gasteiger charge is -2.28. The monoisotopic (exact) mass is 345 g/mol. The minimum atomic E-state index is -0.460. The van der Waals surface area contributed by atoms with Gasteiger partial charge in [-0.15, -0.1) is 0 Å². The number of alkyl halides is 1. The predicted octanol–water partition coefficient (Wildman–Crippen LogP) is 4.04. The molecule has 0 saturated heterocycles. The Kier molecular flexibility index (Phi) is 5.80. The van der Waals surface area contributed by atoms with E-state index in [0.717, 1.165) is 5.33 Å². The molecular formula is C14H20BrNO4. The van der Waals surface area contributed by atoms with Gasteiger partial charge in [0.1, 0.15) is 5.75 Å². The molecule has 112 valence electrons. The van der Waals surface area contributed by atoms with Crippen molar-refractivity contribution >= 4 is 21.6 Å². The predicted molar refractivity (Wildman–Crippen MR) is 81.9 cm³/mol. The number of rotatable bonds is 6. The van der Waals surface area contributed by atoms with E-state index in [-0.39, 0.29) is 22.8 Å². The highest BCUT2D eigenvalue weighted by Gasteiger charge is 2.25. The first-order valence-corrected chi connectivity index (χ1v) is 7.43. The number of halogens is 1. The van der Waals surface area contributed by atoms with Gasteiger partial charge in [0.15, 0.2) is 5.75 Å². The summed E-state index contributed by atoms with van der Waals surface area (Å²) in [4.78, 5) is 10.6. The van der Waals surface area contributed by atoms with Crippen LogP contribution in [0.1, 0.15) is 20.8 Å². The smallest absolute Gasteiger partial charge is 0.314 e. The summed E-state index contributed by atoms with van der Waals surface area (Å²) in [5, 5.41) is 11.8. The van der Waals surface area contributed by atoms with Gasteiger partial charge in [0.2, 0.25) is 0 Å². The van der Waals surface area contributed by atoms with Crippen LogP contribution in [0.5, 0.6) is 11.5 Å². The third-order valence-electron chi connectivity index (χ3n) is 3.21. The molecule has 6 heteroatoms. The second kappa shape index (κ2) is 6.92. The summed E-state index contributed by atoms with van der Waals surface area (Å²) in [5.74, 6) is 0.965. The summed E-state index contributed by atoms with van der Waals surface area (Å²) < 4.78 is 10.6. The summed E-state index contributed by atoms with van der Waals surface area (Å²) in [5.41, 5.74) is -0.0170. The lowest BCUT2D eigenvalue weighted by Crippen LogP contribution is -2.28. The maximum Gasteiger partial charge on any atom is 0.314 e. The molecule has 0 amide bonds. The van der Waals surface area contributed by atoms with Gasteiger partial charge in [-0.25, -0.2) is 0 Å². The van der Waals surface area contributed by atoms with E-state index in [1.807, 2.05) is 0 Å². The minimum absolute atomic E-state index is 0.0603. The maximum atomic E-state index is 11.1. The number of benzene rings is 1. The van der Waals surface area contributed by atoms with E-state index in [2.05, 4.69) is 36.7 Å². The molecule has 0 radical (unpaired) electrons. The molecule has 0 heterocycles. The molecule has 0 fully saturated rings. The van der Waals surface area contributed by atoms with Crippen LogP contribution in [0, 0.1) is 21.4 Å². The molecule has 0 saturated carbocycles. The summed E-state index contributed by atoms with van der Waals surface area (Å²) in [7, 11) is 1.47. The quantitative estimate of drug-likeness (QED) is 0.443. The maximum absolute atomic E-state index is 11.1. The molecule has 1 atom stereocenters. The van der Waals surface area contributed by atoms with E-state index in [4.69, 9.17) is 9.47 Å². The first kappa shape index (κ1) is 16.8. The second-order valence-corrected chi connectivity index (χ2v) is 6.27. The van der Waals surface area contributed by atoms with Crippen LogP contribution in [0.3, 0.4) is 0 Å². The van der Waals surface area contributed by atoms with Crippen LogP contribution in [-0.2, 0) is 0 Å². The Labute approximate surface area is 127 Å². The molecule has 1 aromatic rings. The van der Waals surface area contributed by atoms with Crippen molar-refractivity contribution in [2.75, 3.05) is 19.0 Å². The Balaban J connectivity index is 2.89. The topological polar surface area (TPSA) is 61.6 Å². The number of hydrogen-bond acceptors (Lipinski definition) is 4. The lowest BCUT2D eigenvalue weighted by molar-refractivity contribution is -0.386. The zero-order valence-electron chi connectivity index (χ0n) is 12.2. The molecule has 5 nitrogen and oxygen atoms in total. The van der Waals surface area contributed by atoms with E-state index in [1.165, 1.54) is 13.2 Å². The molecule has 20 heavy (non-hydrogen) atoms. The van der Waals surface area contributed by atoms with Gasteiger partial charge in [-0.05, 0) is 17.5 Å². The van der Waals surface area contributed by atoms with Crippen molar-refractivity contribution in [1.29, 1.82) is 0 Å². The van der Waals surface area contributed by atoms with Crippen molar-refractivity contribution in [3.63, 3.8) is 0 Å². The average Bonchev–Trinajstić information content (AvgIpc) is 2.37. The summed E-state index contributed by atoms with van der Waals surface area (Å²) in [6.07, 6.45) is 0. The van der Waals surface area contributed by atoms with Crippen LogP contribution in [0.2, 0.25) is 0 Å². The van der Waals surface area contributed by atoms with Crippen LogP contribution < -0.4 is 9.47 Å². The molecule has 1 unspecified atom stereocenters. The number of nitro groups is 1. The standard InChI is InChI=1S/C14H20BrNO4/c1-14(2,3)10(8-15)9-20-13-6-5-11(19-4)7-12(13)16(17)18/h5-7,10H,8-9H2,1-4H3. The van der Waals surface area contributed by atoms with Crippen LogP contribution in [0.25, 0.3) is 0 Å². The van der Waals surface area contributed by atoms with Gasteiger partial charge in [0.05, 0.1) is 24.7 Å². The zero-order chi connectivity index (χ0) is 15.3. The highest BCUT2D eigenvalue weighted by atomic mass is 79.9. The highest BCUT2D eigenvalue weighted by molar-refractivity contribution is 9.09. The van der Waals surface area contributed by atoms with Crippen molar-refractivity contribution in [2.24, 2.45) is 11.3 Å².